The molecule has 1 aromatic carbocycles. The summed E-state index contributed by atoms with van der Waals surface area (Å²) in [4.78, 5) is 20.8. The first-order valence-corrected chi connectivity index (χ1v) is 6.27. The maximum absolute atomic E-state index is 12.7. The molecule has 0 radical (unpaired) electrons. The highest BCUT2D eigenvalue weighted by Gasteiger charge is 2.10. The van der Waals surface area contributed by atoms with Gasteiger partial charge >= 0.3 is 0 Å². The second kappa shape index (κ2) is 8.43. The Hall–Kier alpha value is -1.75. The summed E-state index contributed by atoms with van der Waals surface area (Å²) in [5.41, 5.74) is 0.693. The third-order valence-electron chi connectivity index (χ3n) is 2.60. The molecule has 20 heavy (non-hydrogen) atoms. The summed E-state index contributed by atoms with van der Waals surface area (Å²) in [6.07, 6.45) is -1.27. The fraction of sp³-hybridized carbons (Fsp3) is 0.467. The molecule has 2 atom stereocenters. The average molecular weight is 284 g/mol. The number of aliphatic hydroxyl groups is 1. The van der Waals surface area contributed by atoms with Gasteiger partial charge in [0.15, 0.2) is 17.7 Å². The summed E-state index contributed by atoms with van der Waals surface area (Å²) in [5, 5.41) is 8.28. The first kappa shape index (κ1) is 18.2. The minimum absolute atomic E-state index is 0.0475. The SMILES string of the molecule is CC(=O)[C@H](C)O.CC(=O)[C@H](C)Oc1ccc(F)cc1C. The molecular formula is C15H21FO4. The highest BCUT2D eigenvalue weighted by atomic mass is 19.1. The molecule has 0 bridgehead atoms. The van der Waals surface area contributed by atoms with Gasteiger partial charge in [0.1, 0.15) is 17.7 Å². The number of aliphatic hydroxyl groups excluding tert-OH is 1. The average Bonchev–Trinajstić information content (AvgIpc) is 2.33. The number of ketones is 2. The molecule has 1 rings (SSSR count). The Labute approximate surface area is 118 Å². The van der Waals surface area contributed by atoms with Crippen LogP contribution in [-0.4, -0.2) is 28.9 Å². The van der Waals surface area contributed by atoms with Crippen molar-refractivity contribution in [1.29, 1.82) is 0 Å². The Morgan fingerprint density at radius 2 is 1.70 bits per heavy atom. The van der Waals surface area contributed by atoms with E-state index in [1.54, 1.807) is 13.8 Å². The third-order valence-corrected chi connectivity index (χ3v) is 2.60. The number of aryl methyl sites for hydroxylation is 1. The number of Topliss-reactive ketones (excluding diaryl/α,β-unsaturated/α-hetero) is 2. The number of halogens is 1. The molecule has 0 saturated carbocycles. The second-order valence-corrected chi connectivity index (χ2v) is 4.57. The first-order chi connectivity index (χ1) is 9.15. The predicted molar refractivity (Wildman–Crippen MR) is 74.3 cm³/mol. The molecule has 5 heteroatoms. The molecule has 4 nitrogen and oxygen atoms in total. The van der Waals surface area contributed by atoms with Crippen LogP contribution in [0.5, 0.6) is 5.75 Å². The molecular weight excluding hydrogens is 263 g/mol. The Balaban J connectivity index is 0.000000511. The van der Waals surface area contributed by atoms with E-state index in [0.717, 1.165) is 0 Å². The second-order valence-electron chi connectivity index (χ2n) is 4.57. The largest absolute Gasteiger partial charge is 0.483 e. The molecule has 1 aromatic rings. The van der Waals surface area contributed by atoms with E-state index in [1.165, 1.54) is 39.0 Å². The molecule has 0 heterocycles. The summed E-state index contributed by atoms with van der Waals surface area (Å²) >= 11 is 0. The molecule has 0 unspecified atom stereocenters. The van der Waals surface area contributed by atoms with Gasteiger partial charge in [0.2, 0.25) is 0 Å². The lowest BCUT2D eigenvalue weighted by atomic mass is 10.2. The predicted octanol–water partition coefficient (Wildman–Crippen LogP) is 2.45. The van der Waals surface area contributed by atoms with E-state index in [0.29, 0.717) is 11.3 Å². The normalized spacial score (nSPS) is 12.8. The van der Waals surface area contributed by atoms with Gasteiger partial charge in [0, 0.05) is 0 Å². The van der Waals surface area contributed by atoms with Crippen molar-refractivity contribution in [2.24, 2.45) is 0 Å². The molecule has 1 N–H and O–H groups in total. The van der Waals surface area contributed by atoms with Gasteiger partial charge in [0.25, 0.3) is 0 Å². The molecule has 0 aliphatic heterocycles. The maximum Gasteiger partial charge on any atom is 0.169 e. The number of rotatable bonds is 4. The van der Waals surface area contributed by atoms with Crippen LogP contribution in [0.2, 0.25) is 0 Å². The number of hydrogen-bond acceptors (Lipinski definition) is 4. The molecule has 0 saturated heterocycles. The Kier molecular flexibility index (Phi) is 7.69. The van der Waals surface area contributed by atoms with Crippen molar-refractivity contribution >= 4 is 11.6 Å². The number of carbonyl (C=O) groups excluding carboxylic acids is 2. The Morgan fingerprint density at radius 3 is 2.05 bits per heavy atom. The lowest BCUT2D eigenvalue weighted by molar-refractivity contribution is -0.124. The monoisotopic (exact) mass is 284 g/mol. The van der Waals surface area contributed by atoms with Crippen molar-refractivity contribution in [1.82, 2.24) is 0 Å². The zero-order chi connectivity index (χ0) is 15.9. The highest BCUT2D eigenvalue weighted by molar-refractivity contribution is 5.80. The molecule has 0 amide bonds. The van der Waals surface area contributed by atoms with Crippen LogP contribution >= 0.6 is 0 Å². The van der Waals surface area contributed by atoms with Crippen LogP contribution < -0.4 is 4.74 Å². The van der Waals surface area contributed by atoms with Crippen LogP contribution in [0.15, 0.2) is 18.2 Å². The minimum atomic E-state index is -0.787. The minimum Gasteiger partial charge on any atom is -0.483 e. The fourth-order valence-electron chi connectivity index (χ4n) is 1.02. The number of benzene rings is 1. The van der Waals surface area contributed by atoms with Gasteiger partial charge in [-0.1, -0.05) is 0 Å². The van der Waals surface area contributed by atoms with Gasteiger partial charge in [-0.25, -0.2) is 4.39 Å². The van der Waals surface area contributed by atoms with E-state index in [2.05, 4.69) is 0 Å². The van der Waals surface area contributed by atoms with E-state index in [9.17, 15) is 14.0 Å². The summed E-state index contributed by atoms with van der Waals surface area (Å²) in [5.74, 6) is 0.0168. The summed E-state index contributed by atoms with van der Waals surface area (Å²) < 4.78 is 18.1. The van der Waals surface area contributed by atoms with Crippen LogP contribution in [0.3, 0.4) is 0 Å². The van der Waals surface area contributed by atoms with E-state index in [4.69, 9.17) is 9.84 Å². The van der Waals surface area contributed by atoms with Gasteiger partial charge in [-0.2, -0.15) is 0 Å². The highest BCUT2D eigenvalue weighted by Crippen LogP contribution is 2.19. The van der Waals surface area contributed by atoms with Crippen LogP contribution in [0.4, 0.5) is 4.39 Å². The van der Waals surface area contributed by atoms with Gasteiger partial charge < -0.3 is 9.84 Å². The van der Waals surface area contributed by atoms with Crippen LogP contribution in [0, 0.1) is 12.7 Å². The van der Waals surface area contributed by atoms with Crippen molar-refractivity contribution in [2.45, 2.75) is 46.8 Å². The number of ether oxygens (including phenoxy) is 1. The molecule has 0 spiro atoms. The van der Waals surface area contributed by atoms with Crippen molar-refractivity contribution in [3.8, 4) is 5.75 Å². The first-order valence-electron chi connectivity index (χ1n) is 6.27. The van der Waals surface area contributed by atoms with Gasteiger partial charge in [0.05, 0.1) is 0 Å². The topological polar surface area (TPSA) is 63.6 Å². The molecule has 0 aliphatic carbocycles. The lowest BCUT2D eigenvalue weighted by Gasteiger charge is -2.13. The quantitative estimate of drug-likeness (QED) is 0.922. The lowest BCUT2D eigenvalue weighted by Crippen LogP contribution is -2.21. The standard InChI is InChI=1S/C11H13FO2.C4H8O2/c1-7-6-10(12)4-5-11(7)14-9(3)8(2)13;1-3(5)4(2)6/h4-6,9H,1-3H3;3,5H,1-2H3/t9-;3-/m00/s1. The zero-order valence-electron chi connectivity index (χ0n) is 12.4. The van der Waals surface area contributed by atoms with Gasteiger partial charge in [-0.3, -0.25) is 9.59 Å². The molecule has 0 fully saturated rings. The molecule has 0 aromatic heterocycles. The summed E-state index contributed by atoms with van der Waals surface area (Å²) in [7, 11) is 0. The molecule has 0 aliphatic rings. The fourth-order valence-corrected chi connectivity index (χ4v) is 1.02. The van der Waals surface area contributed by atoms with Gasteiger partial charge in [-0.15, -0.1) is 0 Å². The van der Waals surface area contributed by atoms with E-state index in [-0.39, 0.29) is 17.4 Å². The third kappa shape index (κ3) is 6.99. The van der Waals surface area contributed by atoms with Crippen molar-refractivity contribution in [3.63, 3.8) is 0 Å². The molecule has 112 valence electrons. The van der Waals surface area contributed by atoms with Gasteiger partial charge in [-0.05, 0) is 58.4 Å². The van der Waals surface area contributed by atoms with E-state index in [1.807, 2.05) is 0 Å². The smallest absolute Gasteiger partial charge is 0.169 e. The van der Waals surface area contributed by atoms with Crippen LogP contribution in [0.1, 0.15) is 33.3 Å². The number of carbonyl (C=O) groups is 2. The zero-order valence-corrected chi connectivity index (χ0v) is 12.4. The Bertz CT molecular complexity index is 469. The van der Waals surface area contributed by atoms with E-state index < -0.39 is 12.2 Å². The Morgan fingerprint density at radius 1 is 1.20 bits per heavy atom. The van der Waals surface area contributed by atoms with Crippen LogP contribution in [0.25, 0.3) is 0 Å². The van der Waals surface area contributed by atoms with Crippen molar-refractivity contribution in [2.75, 3.05) is 0 Å². The summed E-state index contributed by atoms with van der Waals surface area (Å²) in [6, 6.07) is 4.22. The van der Waals surface area contributed by atoms with Crippen molar-refractivity contribution in [3.05, 3.63) is 29.6 Å². The maximum atomic E-state index is 12.7. The number of hydrogen-bond donors (Lipinski definition) is 1. The van der Waals surface area contributed by atoms with Crippen LogP contribution in [-0.2, 0) is 9.59 Å². The van der Waals surface area contributed by atoms with Crippen molar-refractivity contribution < 1.29 is 23.8 Å². The summed E-state index contributed by atoms with van der Waals surface area (Å²) in [6.45, 7) is 7.67. The van der Waals surface area contributed by atoms with E-state index >= 15 is 0 Å².